The number of nitrogens with zero attached hydrogens (tertiary/aromatic N) is 4. The highest BCUT2D eigenvalue weighted by Crippen LogP contribution is 2.26. The maximum atomic E-state index is 12.9. The molecular formula is C22H25N5O. The van der Waals surface area contributed by atoms with Gasteiger partial charge >= 0.3 is 0 Å². The molecule has 3 aromatic rings. The number of aryl methyl sites for hydroxylation is 2. The lowest BCUT2D eigenvalue weighted by Crippen LogP contribution is -2.41. The van der Waals surface area contributed by atoms with Crippen LogP contribution in [0.25, 0.3) is 22.6 Å². The van der Waals surface area contributed by atoms with Crippen molar-refractivity contribution in [1.82, 2.24) is 24.6 Å². The molecule has 5 rings (SSSR count). The van der Waals surface area contributed by atoms with Gasteiger partial charge in [0, 0.05) is 12.5 Å². The summed E-state index contributed by atoms with van der Waals surface area (Å²) < 4.78 is 2.02. The highest BCUT2D eigenvalue weighted by molar-refractivity contribution is 5.81. The predicted molar refractivity (Wildman–Crippen MR) is 109 cm³/mol. The first-order chi connectivity index (χ1) is 13.6. The Balaban J connectivity index is 1.40. The summed E-state index contributed by atoms with van der Waals surface area (Å²) >= 11 is 0. The van der Waals surface area contributed by atoms with Crippen molar-refractivity contribution in [3.05, 3.63) is 47.2 Å². The fourth-order valence-electron chi connectivity index (χ4n) is 4.24. The van der Waals surface area contributed by atoms with E-state index in [9.17, 15) is 4.79 Å². The number of aromatic amines is 1. The second kappa shape index (κ2) is 6.62. The van der Waals surface area contributed by atoms with Gasteiger partial charge in [-0.2, -0.15) is 5.10 Å². The summed E-state index contributed by atoms with van der Waals surface area (Å²) in [7, 11) is 0. The molecule has 1 N–H and O–H groups in total. The summed E-state index contributed by atoms with van der Waals surface area (Å²) in [6.07, 6.45) is 7.17. The Bertz CT molecular complexity index is 1050. The number of H-pyrrole nitrogens is 1. The Morgan fingerprint density at radius 1 is 1.14 bits per heavy atom. The first kappa shape index (κ1) is 17.2. The molecule has 3 heterocycles. The quantitative estimate of drug-likeness (QED) is 0.694. The molecule has 0 bridgehead atoms. The van der Waals surface area contributed by atoms with Crippen LogP contribution in [0.3, 0.4) is 0 Å². The van der Waals surface area contributed by atoms with Crippen LogP contribution in [-0.2, 0) is 17.9 Å². The number of rotatable bonds is 2. The van der Waals surface area contributed by atoms with E-state index >= 15 is 0 Å². The van der Waals surface area contributed by atoms with E-state index in [-0.39, 0.29) is 11.8 Å². The normalized spacial score (nSPS) is 19.2. The predicted octanol–water partition coefficient (Wildman–Crippen LogP) is 3.74. The maximum Gasteiger partial charge on any atom is 0.226 e. The third-order valence-corrected chi connectivity index (χ3v) is 6.07. The zero-order valence-corrected chi connectivity index (χ0v) is 16.4. The van der Waals surface area contributed by atoms with Crippen LogP contribution in [0.1, 0.15) is 36.1 Å². The molecule has 6 nitrogen and oxygen atoms in total. The minimum atomic E-state index is 0.140. The molecule has 0 fully saturated rings. The summed E-state index contributed by atoms with van der Waals surface area (Å²) in [4.78, 5) is 23.0. The monoisotopic (exact) mass is 375 g/mol. The van der Waals surface area contributed by atoms with Gasteiger partial charge in [0.25, 0.3) is 0 Å². The first-order valence-corrected chi connectivity index (χ1v) is 10.1. The summed E-state index contributed by atoms with van der Waals surface area (Å²) in [6, 6.07) is 6.31. The minimum Gasteiger partial charge on any atom is -0.337 e. The molecule has 144 valence electrons. The molecule has 1 aliphatic carbocycles. The average Bonchev–Trinajstić information content (AvgIpc) is 3.31. The lowest BCUT2D eigenvalue weighted by Gasteiger charge is -2.31. The van der Waals surface area contributed by atoms with Gasteiger partial charge in [-0.3, -0.25) is 9.48 Å². The molecule has 0 saturated carbocycles. The van der Waals surface area contributed by atoms with Crippen LogP contribution < -0.4 is 0 Å². The summed E-state index contributed by atoms with van der Waals surface area (Å²) in [6.45, 7) is 6.31. The number of hydrogen-bond acceptors (Lipinski definition) is 3. The molecule has 0 unspecified atom stereocenters. The molecule has 1 atom stereocenters. The molecule has 2 aliphatic rings. The number of carbonyl (C=O) groups excluding carboxylic acids is 1. The van der Waals surface area contributed by atoms with Crippen molar-refractivity contribution in [3.63, 3.8) is 0 Å². The van der Waals surface area contributed by atoms with Crippen molar-refractivity contribution in [2.45, 2.75) is 46.2 Å². The Morgan fingerprint density at radius 2 is 2.00 bits per heavy atom. The lowest BCUT2D eigenvalue weighted by atomic mass is 9.93. The number of nitrogens with one attached hydrogen (secondary N) is 1. The Kier molecular flexibility index (Phi) is 4.07. The summed E-state index contributed by atoms with van der Waals surface area (Å²) in [5, 5.41) is 4.74. The van der Waals surface area contributed by atoms with Crippen molar-refractivity contribution in [1.29, 1.82) is 0 Å². The van der Waals surface area contributed by atoms with Crippen LogP contribution >= 0.6 is 0 Å². The van der Waals surface area contributed by atoms with E-state index in [1.165, 1.54) is 11.1 Å². The zero-order valence-electron chi connectivity index (χ0n) is 16.4. The fraction of sp³-hybridized carbons (Fsp3) is 0.409. The SMILES string of the molecule is Cc1cc2nc(-c3cc4n(n3)CCN(C(=O)[C@@H]3CC=CCC3)C4)[nH]c2cc1C. The van der Waals surface area contributed by atoms with E-state index in [1.54, 1.807) is 0 Å². The van der Waals surface area contributed by atoms with E-state index in [2.05, 4.69) is 49.2 Å². The van der Waals surface area contributed by atoms with Crippen LogP contribution in [0.5, 0.6) is 0 Å². The van der Waals surface area contributed by atoms with E-state index in [0.717, 1.165) is 60.6 Å². The van der Waals surface area contributed by atoms with Gasteiger partial charge in [0.1, 0.15) is 5.69 Å². The summed E-state index contributed by atoms with van der Waals surface area (Å²) in [5.74, 6) is 1.21. The van der Waals surface area contributed by atoms with Gasteiger partial charge in [-0.05, 0) is 62.4 Å². The lowest BCUT2D eigenvalue weighted by molar-refractivity contribution is -0.137. The van der Waals surface area contributed by atoms with Gasteiger partial charge in [-0.15, -0.1) is 0 Å². The Hall–Kier alpha value is -2.89. The highest BCUT2D eigenvalue weighted by Gasteiger charge is 2.28. The second-order valence-electron chi connectivity index (χ2n) is 8.02. The molecular weight excluding hydrogens is 350 g/mol. The van der Waals surface area contributed by atoms with E-state index in [1.807, 2.05) is 9.58 Å². The summed E-state index contributed by atoms with van der Waals surface area (Å²) in [5.41, 5.74) is 6.41. The van der Waals surface area contributed by atoms with Gasteiger partial charge in [-0.1, -0.05) is 12.2 Å². The topological polar surface area (TPSA) is 66.8 Å². The molecule has 1 aliphatic heterocycles. The molecule has 0 saturated heterocycles. The van der Waals surface area contributed by atoms with Crippen molar-refractivity contribution in [2.75, 3.05) is 6.54 Å². The van der Waals surface area contributed by atoms with Crippen molar-refractivity contribution >= 4 is 16.9 Å². The zero-order chi connectivity index (χ0) is 19.3. The maximum absolute atomic E-state index is 12.9. The molecule has 28 heavy (non-hydrogen) atoms. The van der Waals surface area contributed by atoms with Crippen LogP contribution in [0, 0.1) is 19.8 Å². The molecule has 0 spiro atoms. The molecule has 1 aromatic carbocycles. The van der Waals surface area contributed by atoms with Crippen molar-refractivity contribution < 1.29 is 4.79 Å². The van der Waals surface area contributed by atoms with Crippen LogP contribution in [0.2, 0.25) is 0 Å². The number of hydrogen-bond donors (Lipinski definition) is 1. The van der Waals surface area contributed by atoms with Gasteiger partial charge < -0.3 is 9.88 Å². The second-order valence-corrected chi connectivity index (χ2v) is 8.02. The molecule has 1 amide bonds. The Labute approximate surface area is 164 Å². The minimum absolute atomic E-state index is 0.140. The highest BCUT2D eigenvalue weighted by atomic mass is 16.2. The van der Waals surface area contributed by atoms with Gasteiger partial charge in [0.2, 0.25) is 5.91 Å². The van der Waals surface area contributed by atoms with Gasteiger partial charge in [0.15, 0.2) is 5.82 Å². The van der Waals surface area contributed by atoms with E-state index in [4.69, 9.17) is 10.1 Å². The number of fused-ring (bicyclic) bond motifs is 2. The fourth-order valence-corrected chi connectivity index (χ4v) is 4.24. The van der Waals surface area contributed by atoms with Crippen LogP contribution in [0.15, 0.2) is 30.4 Å². The molecule has 0 radical (unpaired) electrons. The molecule has 6 heteroatoms. The van der Waals surface area contributed by atoms with Crippen molar-refractivity contribution in [3.8, 4) is 11.5 Å². The molecule has 2 aromatic heterocycles. The largest absolute Gasteiger partial charge is 0.337 e. The average molecular weight is 375 g/mol. The number of allylic oxidation sites excluding steroid dienone is 2. The van der Waals surface area contributed by atoms with Crippen LogP contribution in [-0.4, -0.2) is 37.1 Å². The standard InChI is InChI=1S/C22H25N5O/c1-14-10-18-19(11-15(14)2)24-21(23-18)20-12-17-13-26(8-9-27(17)25-20)22(28)16-6-4-3-5-7-16/h3-4,10-12,16H,5-9,13H2,1-2H3,(H,23,24)/t16-/m1/s1. The van der Waals surface area contributed by atoms with Gasteiger partial charge in [0.05, 0.1) is 29.8 Å². The van der Waals surface area contributed by atoms with Crippen LogP contribution in [0.4, 0.5) is 0 Å². The Morgan fingerprint density at radius 3 is 2.82 bits per heavy atom. The number of benzene rings is 1. The number of imidazole rings is 1. The number of amides is 1. The third-order valence-electron chi connectivity index (χ3n) is 6.07. The van der Waals surface area contributed by atoms with E-state index < -0.39 is 0 Å². The van der Waals surface area contributed by atoms with E-state index in [0.29, 0.717) is 6.54 Å². The third kappa shape index (κ3) is 2.93. The van der Waals surface area contributed by atoms with Gasteiger partial charge in [-0.25, -0.2) is 4.98 Å². The number of carbonyl (C=O) groups is 1. The number of aromatic nitrogens is 4. The smallest absolute Gasteiger partial charge is 0.226 e. The van der Waals surface area contributed by atoms with Crippen molar-refractivity contribution in [2.24, 2.45) is 5.92 Å². The first-order valence-electron chi connectivity index (χ1n) is 10.1.